The Bertz CT molecular complexity index is 474. The summed E-state index contributed by atoms with van der Waals surface area (Å²) in [5, 5.41) is 0. The number of carbonyl (C=O) groups excluding carboxylic acids is 1. The van der Waals surface area contributed by atoms with E-state index >= 15 is 0 Å². The fourth-order valence-electron chi connectivity index (χ4n) is 1.57. The molecule has 0 fully saturated rings. The number of nitrogens with zero attached hydrogens (tertiary/aromatic N) is 1. The van der Waals surface area contributed by atoms with Gasteiger partial charge < -0.3 is 4.98 Å². The molecule has 1 N–H and O–H groups in total. The average molecular weight is 214 g/mol. The highest BCUT2D eigenvalue weighted by Gasteiger charge is 2.09. The van der Waals surface area contributed by atoms with Crippen molar-refractivity contribution in [3.05, 3.63) is 42.2 Å². The van der Waals surface area contributed by atoms with Crippen molar-refractivity contribution < 1.29 is 4.79 Å². The Balaban J connectivity index is 2.23. The van der Waals surface area contributed by atoms with E-state index in [1.807, 2.05) is 37.3 Å². The van der Waals surface area contributed by atoms with Gasteiger partial charge in [0.1, 0.15) is 11.5 Å². The lowest BCUT2D eigenvalue weighted by Gasteiger charge is -1.95. The molecule has 3 heteroatoms. The number of Topliss-reactive ketones (excluding diaryl/α,β-unsaturated/α-hetero) is 1. The number of hydrogen-bond acceptors (Lipinski definition) is 2. The van der Waals surface area contributed by atoms with Gasteiger partial charge in [0.25, 0.3) is 0 Å². The van der Waals surface area contributed by atoms with E-state index < -0.39 is 0 Å². The first kappa shape index (κ1) is 10.6. The molecule has 0 amide bonds. The lowest BCUT2D eigenvalue weighted by molar-refractivity contribution is 0.0977. The Labute approximate surface area is 94.5 Å². The minimum Gasteiger partial charge on any atom is -0.336 e. The molecule has 0 bridgehead atoms. The van der Waals surface area contributed by atoms with E-state index in [1.54, 1.807) is 6.20 Å². The summed E-state index contributed by atoms with van der Waals surface area (Å²) in [7, 11) is 0. The monoisotopic (exact) mass is 214 g/mol. The molecule has 1 aromatic heterocycles. The highest BCUT2D eigenvalue weighted by atomic mass is 16.1. The number of ketones is 1. The SMILES string of the molecule is CCCC(=O)c1cnc(-c2ccccc2)[nH]1. The lowest BCUT2D eigenvalue weighted by atomic mass is 10.2. The van der Waals surface area contributed by atoms with Gasteiger partial charge >= 0.3 is 0 Å². The van der Waals surface area contributed by atoms with Crippen LogP contribution in [0.3, 0.4) is 0 Å². The number of benzene rings is 1. The molecule has 0 spiro atoms. The minimum atomic E-state index is 0.122. The highest BCUT2D eigenvalue weighted by molar-refractivity contribution is 5.94. The number of H-pyrrole nitrogens is 1. The van der Waals surface area contributed by atoms with Gasteiger partial charge in [-0.1, -0.05) is 37.3 Å². The van der Waals surface area contributed by atoms with Crippen molar-refractivity contribution in [2.75, 3.05) is 0 Å². The van der Waals surface area contributed by atoms with Gasteiger partial charge in [-0.05, 0) is 6.42 Å². The molecule has 0 aliphatic carbocycles. The number of imidazole rings is 1. The average Bonchev–Trinajstić information content (AvgIpc) is 2.80. The van der Waals surface area contributed by atoms with E-state index in [4.69, 9.17) is 0 Å². The number of hydrogen-bond donors (Lipinski definition) is 1. The first-order valence-corrected chi connectivity index (χ1v) is 5.45. The molecule has 2 aromatic rings. The normalized spacial score (nSPS) is 10.3. The van der Waals surface area contributed by atoms with Gasteiger partial charge in [0.2, 0.25) is 0 Å². The Morgan fingerprint density at radius 2 is 2.06 bits per heavy atom. The second-order valence-corrected chi connectivity index (χ2v) is 3.68. The number of rotatable bonds is 4. The topological polar surface area (TPSA) is 45.8 Å². The van der Waals surface area contributed by atoms with Crippen LogP contribution in [-0.2, 0) is 0 Å². The molecule has 0 saturated heterocycles. The van der Waals surface area contributed by atoms with Crippen molar-refractivity contribution in [1.29, 1.82) is 0 Å². The molecule has 0 aliphatic rings. The predicted molar refractivity (Wildman–Crippen MR) is 63.3 cm³/mol. The van der Waals surface area contributed by atoms with E-state index in [1.165, 1.54) is 0 Å². The molecule has 3 nitrogen and oxygen atoms in total. The quantitative estimate of drug-likeness (QED) is 0.795. The van der Waals surface area contributed by atoms with Gasteiger partial charge in [0.05, 0.1) is 6.20 Å². The van der Waals surface area contributed by atoms with Crippen LogP contribution in [0.1, 0.15) is 30.3 Å². The van der Waals surface area contributed by atoms with Gasteiger partial charge in [0.15, 0.2) is 5.78 Å². The van der Waals surface area contributed by atoms with Crippen molar-refractivity contribution in [2.24, 2.45) is 0 Å². The molecule has 0 saturated carbocycles. The molecule has 0 radical (unpaired) electrons. The first-order valence-electron chi connectivity index (χ1n) is 5.45. The summed E-state index contributed by atoms with van der Waals surface area (Å²) in [6, 6.07) is 9.78. The van der Waals surface area contributed by atoms with E-state index in [-0.39, 0.29) is 5.78 Å². The Morgan fingerprint density at radius 1 is 1.31 bits per heavy atom. The van der Waals surface area contributed by atoms with Gasteiger partial charge in [-0.15, -0.1) is 0 Å². The van der Waals surface area contributed by atoms with Crippen LogP contribution in [0.4, 0.5) is 0 Å². The summed E-state index contributed by atoms with van der Waals surface area (Å²) in [6.45, 7) is 1.99. The zero-order valence-corrected chi connectivity index (χ0v) is 9.23. The van der Waals surface area contributed by atoms with Crippen molar-refractivity contribution in [3.8, 4) is 11.4 Å². The van der Waals surface area contributed by atoms with Crippen LogP contribution in [0.15, 0.2) is 36.5 Å². The van der Waals surface area contributed by atoms with Crippen LogP contribution < -0.4 is 0 Å². The molecule has 16 heavy (non-hydrogen) atoms. The Kier molecular flexibility index (Phi) is 3.15. The number of carbonyl (C=O) groups is 1. The first-order chi connectivity index (χ1) is 7.81. The van der Waals surface area contributed by atoms with Gasteiger partial charge in [-0.2, -0.15) is 0 Å². The van der Waals surface area contributed by atoms with Crippen LogP contribution >= 0.6 is 0 Å². The maximum atomic E-state index is 11.6. The maximum Gasteiger partial charge on any atom is 0.180 e. The lowest BCUT2D eigenvalue weighted by Crippen LogP contribution is -1.97. The van der Waals surface area contributed by atoms with Crippen molar-refractivity contribution in [2.45, 2.75) is 19.8 Å². The third-order valence-electron chi connectivity index (χ3n) is 2.40. The summed E-state index contributed by atoms with van der Waals surface area (Å²) in [6.07, 6.45) is 3.04. The van der Waals surface area contributed by atoms with Crippen LogP contribution in [0.2, 0.25) is 0 Å². The van der Waals surface area contributed by atoms with Crippen LogP contribution in [0.5, 0.6) is 0 Å². The van der Waals surface area contributed by atoms with Gasteiger partial charge in [-0.3, -0.25) is 4.79 Å². The number of aromatic nitrogens is 2. The molecular formula is C13H14N2O. The third kappa shape index (κ3) is 2.19. The third-order valence-corrected chi connectivity index (χ3v) is 2.40. The summed E-state index contributed by atoms with van der Waals surface area (Å²) in [5.41, 5.74) is 1.60. The van der Waals surface area contributed by atoms with E-state index in [2.05, 4.69) is 9.97 Å². The van der Waals surface area contributed by atoms with Crippen LogP contribution in [0.25, 0.3) is 11.4 Å². The molecule has 0 atom stereocenters. The Hall–Kier alpha value is -1.90. The van der Waals surface area contributed by atoms with Gasteiger partial charge in [0, 0.05) is 12.0 Å². The fraction of sp³-hybridized carbons (Fsp3) is 0.231. The molecule has 0 unspecified atom stereocenters. The zero-order chi connectivity index (χ0) is 11.4. The molecular weight excluding hydrogens is 200 g/mol. The molecule has 1 heterocycles. The van der Waals surface area contributed by atoms with E-state index in [0.29, 0.717) is 12.1 Å². The zero-order valence-electron chi connectivity index (χ0n) is 9.23. The van der Waals surface area contributed by atoms with E-state index in [0.717, 1.165) is 17.8 Å². The van der Waals surface area contributed by atoms with Crippen molar-refractivity contribution >= 4 is 5.78 Å². The minimum absolute atomic E-state index is 0.122. The second-order valence-electron chi connectivity index (χ2n) is 3.68. The van der Waals surface area contributed by atoms with Crippen LogP contribution in [0, 0.1) is 0 Å². The standard InChI is InChI=1S/C13H14N2O/c1-2-6-12(16)11-9-14-13(15-11)10-7-4-3-5-8-10/h3-5,7-9H,2,6H2,1H3,(H,14,15). The van der Waals surface area contributed by atoms with Crippen molar-refractivity contribution in [3.63, 3.8) is 0 Å². The van der Waals surface area contributed by atoms with E-state index in [9.17, 15) is 4.79 Å². The predicted octanol–water partition coefficient (Wildman–Crippen LogP) is 3.06. The van der Waals surface area contributed by atoms with Crippen LogP contribution in [-0.4, -0.2) is 15.8 Å². The highest BCUT2D eigenvalue weighted by Crippen LogP contribution is 2.15. The maximum absolute atomic E-state index is 11.6. The summed E-state index contributed by atoms with van der Waals surface area (Å²) >= 11 is 0. The molecule has 0 aliphatic heterocycles. The number of nitrogens with one attached hydrogen (secondary N) is 1. The number of aromatic amines is 1. The van der Waals surface area contributed by atoms with Crippen molar-refractivity contribution in [1.82, 2.24) is 9.97 Å². The second kappa shape index (κ2) is 4.75. The summed E-state index contributed by atoms with van der Waals surface area (Å²) in [4.78, 5) is 18.9. The molecule has 82 valence electrons. The molecule has 2 rings (SSSR count). The smallest absolute Gasteiger partial charge is 0.180 e. The largest absolute Gasteiger partial charge is 0.336 e. The fourth-order valence-corrected chi connectivity index (χ4v) is 1.57. The molecule has 1 aromatic carbocycles. The summed E-state index contributed by atoms with van der Waals surface area (Å²) < 4.78 is 0. The summed E-state index contributed by atoms with van der Waals surface area (Å²) in [5.74, 6) is 0.872. The Morgan fingerprint density at radius 3 is 2.75 bits per heavy atom. The van der Waals surface area contributed by atoms with Gasteiger partial charge in [-0.25, -0.2) is 4.98 Å².